The number of hydrogen-bond acceptors (Lipinski definition) is 6. The van der Waals surface area contributed by atoms with Gasteiger partial charge in [-0.15, -0.1) is 0 Å². The summed E-state index contributed by atoms with van der Waals surface area (Å²) >= 11 is 0. The summed E-state index contributed by atoms with van der Waals surface area (Å²) in [5, 5.41) is 17.9. The minimum absolute atomic E-state index is 0. The SMILES string of the molecule is CCC(OCC(CO)C(C)CO)S(=O)(=O)[O-].[Na+]. The van der Waals surface area contributed by atoms with E-state index < -0.39 is 15.6 Å². The first-order chi connectivity index (χ1) is 7.36. The maximum Gasteiger partial charge on any atom is 1.00 e. The number of aliphatic hydroxyl groups is 2. The summed E-state index contributed by atoms with van der Waals surface area (Å²) in [5.41, 5.74) is -1.38. The Morgan fingerprint density at radius 2 is 1.82 bits per heavy atom. The van der Waals surface area contributed by atoms with Crippen molar-refractivity contribution >= 4 is 10.1 Å². The summed E-state index contributed by atoms with van der Waals surface area (Å²) in [6.45, 7) is 2.82. The van der Waals surface area contributed by atoms with Crippen LogP contribution >= 0.6 is 0 Å². The monoisotopic (exact) mass is 278 g/mol. The molecule has 0 bridgehead atoms. The normalized spacial score (nSPS) is 17.0. The molecule has 0 aromatic heterocycles. The van der Waals surface area contributed by atoms with E-state index in [0.29, 0.717) is 0 Å². The van der Waals surface area contributed by atoms with E-state index in [1.54, 1.807) is 6.92 Å². The van der Waals surface area contributed by atoms with E-state index in [9.17, 15) is 13.0 Å². The van der Waals surface area contributed by atoms with Crippen molar-refractivity contribution in [3.8, 4) is 0 Å². The van der Waals surface area contributed by atoms with Gasteiger partial charge in [-0.3, -0.25) is 0 Å². The molecule has 3 unspecified atom stereocenters. The van der Waals surface area contributed by atoms with Gasteiger partial charge in [-0.2, -0.15) is 0 Å². The summed E-state index contributed by atoms with van der Waals surface area (Å²) in [7, 11) is -4.47. The van der Waals surface area contributed by atoms with Crippen LogP contribution in [0.3, 0.4) is 0 Å². The predicted molar refractivity (Wildman–Crippen MR) is 56.6 cm³/mol. The van der Waals surface area contributed by atoms with Crippen LogP contribution in [0.5, 0.6) is 0 Å². The van der Waals surface area contributed by atoms with Gasteiger partial charge < -0.3 is 19.5 Å². The van der Waals surface area contributed by atoms with Crippen LogP contribution in [0.2, 0.25) is 0 Å². The molecule has 0 radical (unpaired) electrons. The van der Waals surface area contributed by atoms with Gasteiger partial charge in [0.1, 0.15) is 15.6 Å². The fourth-order valence-electron chi connectivity index (χ4n) is 1.18. The number of ether oxygens (including phenoxy) is 1. The van der Waals surface area contributed by atoms with Crippen molar-refractivity contribution in [3.05, 3.63) is 0 Å². The summed E-state index contributed by atoms with van der Waals surface area (Å²) < 4.78 is 37.1. The smallest absolute Gasteiger partial charge is 0.746 e. The molecule has 6 nitrogen and oxygen atoms in total. The largest absolute Gasteiger partial charge is 1.00 e. The first-order valence-electron chi connectivity index (χ1n) is 5.14. The van der Waals surface area contributed by atoms with Crippen LogP contribution in [0.4, 0.5) is 0 Å². The van der Waals surface area contributed by atoms with Crippen LogP contribution in [-0.4, -0.2) is 48.4 Å². The molecule has 0 aromatic carbocycles. The van der Waals surface area contributed by atoms with Gasteiger partial charge in [0.05, 0.1) is 6.61 Å². The van der Waals surface area contributed by atoms with Crippen molar-refractivity contribution in [2.75, 3.05) is 19.8 Å². The van der Waals surface area contributed by atoms with Crippen molar-refractivity contribution in [1.29, 1.82) is 0 Å². The van der Waals surface area contributed by atoms with E-state index in [-0.39, 0.29) is 67.6 Å². The second-order valence-corrected chi connectivity index (χ2v) is 5.28. The average molecular weight is 278 g/mol. The molecule has 0 aliphatic heterocycles. The third-order valence-electron chi connectivity index (χ3n) is 2.48. The van der Waals surface area contributed by atoms with Gasteiger partial charge in [0.2, 0.25) is 0 Å². The van der Waals surface area contributed by atoms with E-state index in [1.165, 1.54) is 6.92 Å². The Bertz CT molecular complexity index is 281. The molecule has 8 heteroatoms. The molecule has 0 amide bonds. The van der Waals surface area contributed by atoms with Gasteiger partial charge in [-0.25, -0.2) is 8.42 Å². The van der Waals surface area contributed by atoms with Gasteiger partial charge in [-0.1, -0.05) is 13.8 Å². The van der Waals surface area contributed by atoms with Crippen molar-refractivity contribution in [3.63, 3.8) is 0 Å². The number of hydrogen-bond donors (Lipinski definition) is 2. The second-order valence-electron chi connectivity index (χ2n) is 3.77. The summed E-state index contributed by atoms with van der Waals surface area (Å²) in [4.78, 5) is 0. The molecule has 98 valence electrons. The third-order valence-corrected chi connectivity index (χ3v) is 3.59. The van der Waals surface area contributed by atoms with Gasteiger partial charge >= 0.3 is 29.6 Å². The topological polar surface area (TPSA) is 107 Å². The van der Waals surface area contributed by atoms with Crippen LogP contribution in [0.15, 0.2) is 0 Å². The zero-order valence-electron chi connectivity index (χ0n) is 10.5. The zero-order valence-corrected chi connectivity index (χ0v) is 13.3. The molecule has 17 heavy (non-hydrogen) atoms. The van der Waals surface area contributed by atoms with Crippen molar-refractivity contribution < 1.29 is 57.5 Å². The molecule has 0 aliphatic carbocycles. The first kappa shape index (κ1) is 20.1. The molecule has 3 atom stereocenters. The maximum atomic E-state index is 10.7. The van der Waals surface area contributed by atoms with E-state index in [0.717, 1.165) is 0 Å². The van der Waals surface area contributed by atoms with Gasteiger partial charge in [0.25, 0.3) is 0 Å². The Morgan fingerprint density at radius 3 is 2.12 bits per heavy atom. The fraction of sp³-hybridized carbons (Fsp3) is 1.00. The standard InChI is InChI=1S/C9H20O6S.Na/c1-3-9(16(12,13)14)15-6-8(5-11)7(2)4-10;/h7-11H,3-6H2,1-2H3,(H,12,13,14);/q;+1/p-1. The van der Waals surface area contributed by atoms with Gasteiger partial charge in [0.15, 0.2) is 0 Å². The molecule has 0 rings (SSSR count). The van der Waals surface area contributed by atoms with Crippen LogP contribution in [-0.2, 0) is 14.9 Å². The fourth-order valence-corrected chi connectivity index (χ4v) is 1.84. The quantitative estimate of drug-likeness (QED) is 0.353. The maximum absolute atomic E-state index is 10.7. The Balaban J connectivity index is 0. The van der Waals surface area contributed by atoms with Crippen LogP contribution in [0, 0.1) is 11.8 Å². The van der Waals surface area contributed by atoms with Crippen molar-refractivity contribution in [1.82, 2.24) is 0 Å². The summed E-state index contributed by atoms with van der Waals surface area (Å²) in [5.74, 6) is -0.585. The first-order valence-corrected chi connectivity index (χ1v) is 6.61. The van der Waals surface area contributed by atoms with E-state index in [2.05, 4.69) is 0 Å². The average Bonchev–Trinajstić information content (AvgIpc) is 2.21. The minimum Gasteiger partial charge on any atom is -0.746 e. The Morgan fingerprint density at radius 1 is 1.29 bits per heavy atom. The molecule has 0 spiro atoms. The molecule has 0 fully saturated rings. The second kappa shape index (κ2) is 9.69. The van der Waals surface area contributed by atoms with E-state index in [4.69, 9.17) is 14.9 Å². The zero-order chi connectivity index (χ0) is 12.8. The Kier molecular flexibility index (Phi) is 11.5. The molecule has 0 saturated heterocycles. The third kappa shape index (κ3) is 7.74. The summed E-state index contributed by atoms with van der Waals surface area (Å²) in [6.07, 6.45) is 0.0670. The Hall–Kier alpha value is 0.790. The molecule has 0 saturated carbocycles. The molecular weight excluding hydrogens is 259 g/mol. The minimum atomic E-state index is -4.47. The van der Waals surface area contributed by atoms with E-state index in [1.807, 2.05) is 0 Å². The van der Waals surface area contributed by atoms with Crippen molar-refractivity contribution in [2.24, 2.45) is 11.8 Å². The van der Waals surface area contributed by atoms with E-state index >= 15 is 0 Å². The molecule has 0 heterocycles. The number of aliphatic hydroxyl groups excluding tert-OH is 2. The van der Waals surface area contributed by atoms with Crippen LogP contribution in [0.25, 0.3) is 0 Å². The van der Waals surface area contributed by atoms with Gasteiger partial charge in [-0.05, 0) is 12.3 Å². The van der Waals surface area contributed by atoms with Crippen LogP contribution < -0.4 is 29.6 Å². The predicted octanol–water partition coefficient (Wildman–Crippen LogP) is -3.47. The summed E-state index contributed by atoms with van der Waals surface area (Å²) in [6, 6.07) is 0. The molecule has 2 N–H and O–H groups in total. The van der Waals surface area contributed by atoms with Crippen LogP contribution in [0.1, 0.15) is 20.3 Å². The molecule has 0 aromatic rings. The Labute approximate surface area is 124 Å². The molecule has 0 aliphatic rings. The number of rotatable bonds is 8. The van der Waals surface area contributed by atoms with Gasteiger partial charge in [0, 0.05) is 19.1 Å². The molecular formula is C9H19NaO6S. The van der Waals surface area contributed by atoms with Crippen molar-refractivity contribution in [2.45, 2.75) is 25.7 Å².